The van der Waals surface area contributed by atoms with Crippen LogP contribution in [0, 0.1) is 17.5 Å². The second-order valence-electron chi connectivity index (χ2n) is 3.95. The lowest BCUT2D eigenvalue weighted by Crippen LogP contribution is -2.22. The topological polar surface area (TPSA) is 55.6 Å². The zero-order valence-corrected chi connectivity index (χ0v) is 10.4. The molecular formula is C11H12F3N5. The van der Waals surface area contributed by atoms with Crippen LogP contribution < -0.4 is 5.32 Å². The van der Waals surface area contributed by atoms with Crippen molar-refractivity contribution in [3.05, 3.63) is 35.4 Å². The molecule has 102 valence electrons. The molecule has 8 heteroatoms. The maximum atomic E-state index is 13.7. The van der Waals surface area contributed by atoms with E-state index in [1.165, 1.54) is 0 Å². The molecule has 0 aliphatic carbocycles. The number of hydrogen-bond donors (Lipinski definition) is 1. The fraction of sp³-hybridized carbons (Fsp3) is 0.364. The average Bonchev–Trinajstić information content (AvgIpc) is 2.83. The van der Waals surface area contributed by atoms with Crippen molar-refractivity contribution in [2.45, 2.75) is 19.9 Å². The van der Waals surface area contributed by atoms with E-state index in [0.717, 1.165) is 10.7 Å². The first-order valence-electron chi connectivity index (χ1n) is 5.71. The van der Waals surface area contributed by atoms with Crippen molar-refractivity contribution in [2.75, 3.05) is 6.54 Å². The molecule has 0 radical (unpaired) electrons. The molecule has 0 aliphatic heterocycles. The third-order valence-corrected chi connectivity index (χ3v) is 2.59. The van der Waals surface area contributed by atoms with E-state index in [4.69, 9.17) is 0 Å². The van der Waals surface area contributed by atoms with Crippen LogP contribution in [0.4, 0.5) is 13.2 Å². The van der Waals surface area contributed by atoms with Gasteiger partial charge in [-0.1, -0.05) is 6.92 Å². The third kappa shape index (κ3) is 2.58. The van der Waals surface area contributed by atoms with Crippen LogP contribution in [-0.2, 0) is 0 Å². The van der Waals surface area contributed by atoms with Crippen molar-refractivity contribution in [2.24, 2.45) is 0 Å². The van der Waals surface area contributed by atoms with Gasteiger partial charge in [0.2, 0.25) is 0 Å². The van der Waals surface area contributed by atoms with Gasteiger partial charge in [-0.05, 0) is 23.9 Å². The smallest absolute Gasteiger partial charge is 0.184 e. The van der Waals surface area contributed by atoms with E-state index < -0.39 is 17.5 Å². The Balaban J connectivity index is 2.51. The highest BCUT2D eigenvalue weighted by Gasteiger charge is 2.20. The van der Waals surface area contributed by atoms with Crippen molar-refractivity contribution < 1.29 is 13.2 Å². The zero-order chi connectivity index (χ0) is 14.0. The van der Waals surface area contributed by atoms with Crippen LogP contribution in [0.3, 0.4) is 0 Å². The van der Waals surface area contributed by atoms with Gasteiger partial charge in [0.25, 0.3) is 0 Å². The predicted octanol–water partition coefficient (Wildman–Crippen LogP) is 1.75. The number of benzene rings is 1. The van der Waals surface area contributed by atoms with Crippen LogP contribution in [0.2, 0.25) is 0 Å². The first-order chi connectivity index (χ1) is 9.04. The summed E-state index contributed by atoms with van der Waals surface area (Å²) in [6.07, 6.45) is 0. The highest BCUT2D eigenvalue weighted by atomic mass is 19.2. The summed E-state index contributed by atoms with van der Waals surface area (Å²) >= 11 is 0. The van der Waals surface area contributed by atoms with Gasteiger partial charge in [0.1, 0.15) is 11.5 Å². The monoisotopic (exact) mass is 271 g/mol. The molecule has 1 heterocycles. The Bertz CT molecular complexity index is 584. The number of hydrogen-bond acceptors (Lipinski definition) is 4. The van der Waals surface area contributed by atoms with Crippen molar-refractivity contribution in [1.29, 1.82) is 0 Å². The molecule has 1 unspecified atom stereocenters. The Hall–Kier alpha value is -1.96. The van der Waals surface area contributed by atoms with E-state index in [1.807, 2.05) is 6.92 Å². The molecule has 2 rings (SSSR count). The first-order valence-corrected chi connectivity index (χ1v) is 5.71. The number of nitrogens with one attached hydrogen (secondary N) is 1. The molecule has 1 aromatic carbocycles. The summed E-state index contributed by atoms with van der Waals surface area (Å²) in [7, 11) is 0. The number of tetrazole rings is 1. The SMILES string of the molecule is CCNC(C)c1nnnn1-c1cc(F)cc(F)c1F. The minimum absolute atomic E-state index is 0.269. The van der Waals surface area contributed by atoms with Gasteiger partial charge in [-0.2, -0.15) is 4.68 Å². The number of rotatable bonds is 4. The van der Waals surface area contributed by atoms with Crippen LogP contribution >= 0.6 is 0 Å². The number of halogens is 3. The van der Waals surface area contributed by atoms with Gasteiger partial charge in [0.15, 0.2) is 17.5 Å². The van der Waals surface area contributed by atoms with E-state index >= 15 is 0 Å². The normalized spacial score (nSPS) is 12.7. The molecule has 5 nitrogen and oxygen atoms in total. The molecule has 1 atom stereocenters. The Kier molecular flexibility index (Phi) is 3.79. The van der Waals surface area contributed by atoms with E-state index in [2.05, 4.69) is 20.8 Å². The molecule has 0 saturated heterocycles. The second-order valence-corrected chi connectivity index (χ2v) is 3.95. The van der Waals surface area contributed by atoms with Gasteiger partial charge in [-0.25, -0.2) is 13.2 Å². The van der Waals surface area contributed by atoms with Gasteiger partial charge in [0, 0.05) is 12.1 Å². The maximum absolute atomic E-state index is 13.7. The van der Waals surface area contributed by atoms with Crippen molar-refractivity contribution in [3.63, 3.8) is 0 Å². The van der Waals surface area contributed by atoms with E-state index in [-0.39, 0.29) is 17.6 Å². The van der Waals surface area contributed by atoms with Gasteiger partial charge in [0.05, 0.1) is 6.04 Å². The van der Waals surface area contributed by atoms with Crippen molar-refractivity contribution in [1.82, 2.24) is 25.5 Å². The van der Waals surface area contributed by atoms with Crippen LogP contribution in [0.25, 0.3) is 5.69 Å². The third-order valence-electron chi connectivity index (χ3n) is 2.59. The standard InChI is InChI=1S/C11H12F3N5/c1-3-15-6(2)11-16-17-18-19(11)9-5-7(12)4-8(13)10(9)14/h4-6,15H,3H2,1-2H3. The second kappa shape index (κ2) is 5.35. The van der Waals surface area contributed by atoms with Gasteiger partial charge < -0.3 is 5.32 Å². The van der Waals surface area contributed by atoms with E-state index in [9.17, 15) is 13.2 Å². The molecule has 0 aliphatic rings. The quantitative estimate of drug-likeness (QED) is 0.861. The molecule has 0 amide bonds. The average molecular weight is 271 g/mol. The van der Waals surface area contributed by atoms with E-state index in [0.29, 0.717) is 12.6 Å². The summed E-state index contributed by atoms with van der Waals surface area (Å²) in [6, 6.07) is 1.03. The van der Waals surface area contributed by atoms with Gasteiger partial charge in [-0.15, -0.1) is 5.10 Å². The van der Waals surface area contributed by atoms with Crippen molar-refractivity contribution >= 4 is 0 Å². The first kappa shape index (κ1) is 13.5. The largest absolute Gasteiger partial charge is 0.308 e. The van der Waals surface area contributed by atoms with Gasteiger partial charge in [-0.3, -0.25) is 0 Å². The van der Waals surface area contributed by atoms with Gasteiger partial charge >= 0.3 is 0 Å². The summed E-state index contributed by atoms with van der Waals surface area (Å²) < 4.78 is 41.1. The lowest BCUT2D eigenvalue weighted by molar-refractivity contribution is 0.480. The zero-order valence-electron chi connectivity index (χ0n) is 10.4. The predicted molar refractivity (Wildman–Crippen MR) is 61.1 cm³/mol. The molecule has 0 fully saturated rings. The molecular weight excluding hydrogens is 259 g/mol. The molecule has 0 spiro atoms. The van der Waals surface area contributed by atoms with Crippen LogP contribution in [0.15, 0.2) is 12.1 Å². The number of aromatic nitrogens is 4. The Morgan fingerprint density at radius 1 is 1.32 bits per heavy atom. The summed E-state index contributed by atoms with van der Waals surface area (Å²) in [4.78, 5) is 0. The summed E-state index contributed by atoms with van der Waals surface area (Å²) in [6.45, 7) is 4.29. The molecule has 1 aromatic heterocycles. The van der Waals surface area contributed by atoms with Crippen LogP contribution in [-0.4, -0.2) is 26.8 Å². The Labute approximate surface area is 107 Å². The van der Waals surface area contributed by atoms with Crippen LogP contribution in [0.1, 0.15) is 25.7 Å². The molecule has 1 N–H and O–H groups in total. The Morgan fingerprint density at radius 3 is 2.74 bits per heavy atom. The molecule has 2 aromatic rings. The van der Waals surface area contributed by atoms with Crippen LogP contribution in [0.5, 0.6) is 0 Å². The number of nitrogens with zero attached hydrogens (tertiary/aromatic N) is 4. The molecule has 19 heavy (non-hydrogen) atoms. The fourth-order valence-corrected chi connectivity index (χ4v) is 1.73. The highest BCUT2D eigenvalue weighted by molar-refractivity contribution is 5.34. The summed E-state index contributed by atoms with van der Waals surface area (Å²) in [5, 5.41) is 13.8. The molecule has 0 bridgehead atoms. The maximum Gasteiger partial charge on any atom is 0.184 e. The van der Waals surface area contributed by atoms with Crippen molar-refractivity contribution in [3.8, 4) is 5.69 Å². The Morgan fingerprint density at radius 2 is 2.05 bits per heavy atom. The lowest BCUT2D eigenvalue weighted by Gasteiger charge is -2.12. The highest BCUT2D eigenvalue weighted by Crippen LogP contribution is 2.20. The van der Waals surface area contributed by atoms with E-state index in [1.54, 1.807) is 6.92 Å². The lowest BCUT2D eigenvalue weighted by atomic mass is 10.2. The minimum atomic E-state index is -1.28. The fourth-order valence-electron chi connectivity index (χ4n) is 1.73. The summed E-state index contributed by atoms with van der Waals surface area (Å²) in [5.41, 5.74) is -0.359. The summed E-state index contributed by atoms with van der Waals surface area (Å²) in [5.74, 6) is -3.11. The molecule has 0 saturated carbocycles. The minimum Gasteiger partial charge on any atom is -0.308 e.